The molecule has 45 heavy (non-hydrogen) atoms. The Morgan fingerprint density at radius 3 is 1.69 bits per heavy atom. The third-order valence-corrected chi connectivity index (χ3v) is 9.87. The van der Waals surface area contributed by atoms with E-state index in [4.69, 9.17) is 4.74 Å². The molecule has 2 aliphatic carbocycles. The van der Waals surface area contributed by atoms with Gasteiger partial charge in [0, 0.05) is 5.56 Å². The van der Waals surface area contributed by atoms with Crippen LogP contribution in [0.15, 0.2) is 164 Å². The Kier molecular flexibility index (Phi) is 4.95. The molecule has 3 aliphatic rings. The largest absolute Gasteiger partial charge is 0.453 e. The van der Waals surface area contributed by atoms with Crippen LogP contribution in [0.5, 0.6) is 11.5 Å². The fraction of sp³-hybridized carbons (Fsp3) is 0.0233. The molecule has 2 nitrogen and oxygen atoms in total. The zero-order chi connectivity index (χ0) is 29.5. The number of anilines is 3. The average molecular weight is 574 g/mol. The first-order chi connectivity index (χ1) is 22.3. The van der Waals surface area contributed by atoms with E-state index in [0.717, 1.165) is 28.6 Å². The summed E-state index contributed by atoms with van der Waals surface area (Å²) in [4.78, 5) is 2.39. The van der Waals surface area contributed by atoms with Crippen molar-refractivity contribution in [2.24, 2.45) is 0 Å². The molecular weight excluding hydrogens is 546 g/mol. The van der Waals surface area contributed by atoms with Crippen molar-refractivity contribution in [2.45, 2.75) is 5.41 Å². The molecular formula is C43H27NO. The summed E-state index contributed by atoms with van der Waals surface area (Å²) in [6.45, 7) is 0. The summed E-state index contributed by atoms with van der Waals surface area (Å²) in [6.07, 6.45) is 0. The molecule has 0 N–H and O–H groups in total. The highest BCUT2D eigenvalue weighted by atomic mass is 16.5. The highest BCUT2D eigenvalue weighted by molar-refractivity contribution is 6.02. The Morgan fingerprint density at radius 2 is 0.933 bits per heavy atom. The zero-order valence-electron chi connectivity index (χ0n) is 24.4. The average Bonchev–Trinajstić information content (AvgIpc) is 3.58. The SMILES string of the molecule is c1ccc(-c2ccc3c(c2)C2(c4ccccc4-3)c3ccccc3-c3c(N4c5ccccc5Oc5ccccc54)cccc32)cc1. The molecule has 10 rings (SSSR count). The summed E-state index contributed by atoms with van der Waals surface area (Å²) in [6, 6.07) is 59.5. The molecule has 7 aromatic rings. The molecule has 2 heteroatoms. The fourth-order valence-electron chi connectivity index (χ4n) is 8.13. The third kappa shape index (κ3) is 3.18. The first-order valence-corrected chi connectivity index (χ1v) is 15.5. The van der Waals surface area contributed by atoms with Crippen LogP contribution < -0.4 is 9.64 Å². The summed E-state index contributed by atoms with van der Waals surface area (Å²) < 4.78 is 6.42. The fourth-order valence-corrected chi connectivity index (χ4v) is 8.13. The van der Waals surface area contributed by atoms with Crippen molar-refractivity contribution in [1.82, 2.24) is 0 Å². The number of para-hydroxylation sites is 4. The molecule has 0 bridgehead atoms. The van der Waals surface area contributed by atoms with Gasteiger partial charge in [0.2, 0.25) is 0 Å². The van der Waals surface area contributed by atoms with E-state index < -0.39 is 5.41 Å². The van der Waals surface area contributed by atoms with Gasteiger partial charge in [-0.2, -0.15) is 0 Å². The van der Waals surface area contributed by atoms with Gasteiger partial charge < -0.3 is 9.64 Å². The lowest BCUT2D eigenvalue weighted by molar-refractivity contribution is 0.477. The van der Waals surface area contributed by atoms with Crippen molar-refractivity contribution in [2.75, 3.05) is 4.90 Å². The Balaban J connectivity index is 1.32. The monoisotopic (exact) mass is 573 g/mol. The molecule has 0 aromatic heterocycles. The van der Waals surface area contributed by atoms with Crippen molar-refractivity contribution in [3.8, 4) is 44.9 Å². The Hall–Kier alpha value is -5.86. The van der Waals surface area contributed by atoms with E-state index in [1.54, 1.807) is 0 Å². The van der Waals surface area contributed by atoms with Crippen molar-refractivity contribution in [3.63, 3.8) is 0 Å². The minimum Gasteiger partial charge on any atom is -0.453 e. The molecule has 1 atom stereocenters. The summed E-state index contributed by atoms with van der Waals surface area (Å²) in [5.41, 5.74) is 15.8. The maximum Gasteiger partial charge on any atom is 0.151 e. The standard InChI is InChI=1S/C43H27NO/c1-2-13-28(14-3-1)29-25-26-31-30-15-4-6-17-33(30)43(36(31)27-29)34-18-7-5-16-32(34)42-35(43)19-12-22-39(42)44-37-20-8-10-23-40(37)45-41-24-11-9-21-38(41)44/h1-27H. The van der Waals surface area contributed by atoms with E-state index >= 15 is 0 Å². The Bertz CT molecular complexity index is 2270. The number of hydrogen-bond acceptors (Lipinski definition) is 2. The first-order valence-electron chi connectivity index (χ1n) is 15.5. The van der Waals surface area contributed by atoms with Gasteiger partial charge in [-0.15, -0.1) is 0 Å². The second-order valence-electron chi connectivity index (χ2n) is 12.0. The van der Waals surface area contributed by atoms with E-state index in [9.17, 15) is 0 Å². The number of rotatable bonds is 2. The molecule has 0 saturated heterocycles. The number of hydrogen-bond donors (Lipinski definition) is 0. The minimum absolute atomic E-state index is 0.440. The Labute approximate surface area is 262 Å². The maximum absolute atomic E-state index is 6.42. The topological polar surface area (TPSA) is 12.5 Å². The molecule has 1 heterocycles. The number of benzene rings is 7. The lowest BCUT2D eigenvalue weighted by atomic mass is 9.70. The van der Waals surface area contributed by atoms with Crippen molar-refractivity contribution >= 4 is 17.1 Å². The molecule has 1 unspecified atom stereocenters. The van der Waals surface area contributed by atoms with Gasteiger partial charge >= 0.3 is 0 Å². The minimum atomic E-state index is -0.440. The van der Waals surface area contributed by atoms with Crippen LogP contribution in [-0.4, -0.2) is 0 Å². The lowest BCUT2D eigenvalue weighted by Crippen LogP contribution is -2.26. The van der Waals surface area contributed by atoms with Gasteiger partial charge in [-0.1, -0.05) is 127 Å². The summed E-state index contributed by atoms with van der Waals surface area (Å²) in [5.74, 6) is 1.72. The quantitative estimate of drug-likeness (QED) is 0.204. The first kappa shape index (κ1) is 24.6. The lowest BCUT2D eigenvalue weighted by Gasteiger charge is -2.35. The van der Waals surface area contributed by atoms with Gasteiger partial charge in [-0.05, 0) is 86.5 Å². The van der Waals surface area contributed by atoms with Crippen molar-refractivity contribution in [1.29, 1.82) is 0 Å². The molecule has 1 aliphatic heterocycles. The molecule has 0 amide bonds. The van der Waals surface area contributed by atoms with E-state index in [0.29, 0.717) is 0 Å². The predicted molar refractivity (Wildman–Crippen MR) is 183 cm³/mol. The normalized spacial score (nSPS) is 16.2. The van der Waals surface area contributed by atoms with Gasteiger partial charge in [0.15, 0.2) is 11.5 Å². The molecule has 210 valence electrons. The predicted octanol–water partition coefficient (Wildman–Crippen LogP) is 11.3. The van der Waals surface area contributed by atoms with Crippen LogP contribution >= 0.6 is 0 Å². The second kappa shape index (κ2) is 9.07. The van der Waals surface area contributed by atoms with Gasteiger partial charge in [0.25, 0.3) is 0 Å². The molecule has 0 fully saturated rings. The van der Waals surface area contributed by atoms with Gasteiger partial charge in [0.1, 0.15) is 0 Å². The van der Waals surface area contributed by atoms with Gasteiger partial charge in [-0.3, -0.25) is 0 Å². The van der Waals surface area contributed by atoms with E-state index in [-0.39, 0.29) is 0 Å². The van der Waals surface area contributed by atoms with E-state index in [2.05, 4.69) is 157 Å². The highest BCUT2D eigenvalue weighted by Gasteiger charge is 2.52. The zero-order valence-corrected chi connectivity index (χ0v) is 24.4. The van der Waals surface area contributed by atoms with Gasteiger partial charge in [0.05, 0.1) is 22.5 Å². The highest BCUT2D eigenvalue weighted by Crippen LogP contribution is 2.65. The van der Waals surface area contributed by atoms with E-state index in [1.165, 1.54) is 55.6 Å². The number of fused-ring (bicyclic) bond motifs is 12. The summed E-state index contributed by atoms with van der Waals surface area (Å²) in [5, 5.41) is 0. The molecule has 1 spiro atoms. The van der Waals surface area contributed by atoms with Crippen LogP contribution in [0.3, 0.4) is 0 Å². The Morgan fingerprint density at radius 1 is 0.378 bits per heavy atom. The summed E-state index contributed by atoms with van der Waals surface area (Å²) in [7, 11) is 0. The maximum atomic E-state index is 6.42. The molecule has 0 radical (unpaired) electrons. The molecule has 0 saturated carbocycles. The van der Waals surface area contributed by atoms with Crippen molar-refractivity contribution in [3.05, 3.63) is 186 Å². The number of ether oxygens (including phenoxy) is 1. The van der Waals surface area contributed by atoms with Crippen LogP contribution in [0.1, 0.15) is 22.3 Å². The van der Waals surface area contributed by atoms with Crippen LogP contribution in [0.25, 0.3) is 33.4 Å². The van der Waals surface area contributed by atoms with E-state index in [1.807, 2.05) is 12.1 Å². The van der Waals surface area contributed by atoms with Crippen LogP contribution in [0, 0.1) is 0 Å². The molecule has 7 aromatic carbocycles. The van der Waals surface area contributed by atoms with Crippen LogP contribution in [-0.2, 0) is 5.41 Å². The smallest absolute Gasteiger partial charge is 0.151 e. The second-order valence-corrected chi connectivity index (χ2v) is 12.0. The third-order valence-electron chi connectivity index (χ3n) is 9.87. The van der Waals surface area contributed by atoms with Crippen LogP contribution in [0.2, 0.25) is 0 Å². The number of nitrogens with zero attached hydrogens (tertiary/aromatic N) is 1. The summed E-state index contributed by atoms with van der Waals surface area (Å²) >= 11 is 0. The van der Waals surface area contributed by atoms with Crippen molar-refractivity contribution < 1.29 is 4.74 Å². The van der Waals surface area contributed by atoms with Crippen LogP contribution in [0.4, 0.5) is 17.1 Å². The van der Waals surface area contributed by atoms with Gasteiger partial charge in [-0.25, -0.2) is 0 Å².